The summed E-state index contributed by atoms with van der Waals surface area (Å²) < 4.78 is 5.27. The number of carbonyl (C=O) groups is 1. The number of anilines is 1. The predicted octanol–water partition coefficient (Wildman–Crippen LogP) is 1.87. The molecule has 0 unspecified atom stereocenters. The van der Waals surface area contributed by atoms with Crippen LogP contribution in [0.5, 0.6) is 5.75 Å². The van der Waals surface area contributed by atoms with Crippen LogP contribution in [-0.2, 0) is 0 Å². The molecule has 6 heteroatoms. The summed E-state index contributed by atoms with van der Waals surface area (Å²) in [6.07, 6.45) is 1.43. The predicted molar refractivity (Wildman–Crippen MR) is 81.0 cm³/mol. The second kappa shape index (κ2) is 6.21. The maximum atomic E-state index is 12.0. The number of methoxy groups -OCH3 is 1. The first-order valence-corrected chi connectivity index (χ1v) is 6.59. The van der Waals surface area contributed by atoms with Crippen LogP contribution in [0.15, 0.2) is 30.5 Å². The van der Waals surface area contributed by atoms with E-state index in [2.05, 4.69) is 15.3 Å². The van der Waals surface area contributed by atoms with Gasteiger partial charge in [-0.3, -0.25) is 4.79 Å². The molecule has 1 amide bonds. The van der Waals surface area contributed by atoms with Crippen molar-refractivity contribution in [1.29, 1.82) is 0 Å². The van der Waals surface area contributed by atoms with Crippen molar-refractivity contribution in [1.82, 2.24) is 15.3 Å². The first-order valence-electron chi connectivity index (χ1n) is 6.59. The van der Waals surface area contributed by atoms with Gasteiger partial charge in [-0.15, -0.1) is 0 Å². The molecule has 0 atom stereocenters. The Bertz CT molecular complexity index is 656. The number of nitrogens with two attached hydrogens (primary N) is 1. The van der Waals surface area contributed by atoms with Gasteiger partial charge in [-0.2, -0.15) is 0 Å². The minimum Gasteiger partial charge on any atom is -0.496 e. The number of hydrogen-bond donors (Lipinski definition) is 2. The molecule has 1 aromatic carbocycles. The van der Waals surface area contributed by atoms with E-state index in [0.717, 1.165) is 5.56 Å². The first-order chi connectivity index (χ1) is 10.0. The molecular formula is C15H18N4O2. The molecule has 0 aliphatic heterocycles. The van der Waals surface area contributed by atoms with Crippen molar-refractivity contribution in [3.05, 3.63) is 36.0 Å². The Hall–Kier alpha value is -2.63. The maximum Gasteiger partial charge on any atom is 0.256 e. The number of carbonyl (C=O) groups excluding carboxylic acids is 1. The van der Waals surface area contributed by atoms with Crippen molar-refractivity contribution in [3.8, 4) is 17.1 Å². The van der Waals surface area contributed by atoms with E-state index in [1.165, 1.54) is 6.20 Å². The minimum atomic E-state index is -0.283. The van der Waals surface area contributed by atoms with Crippen LogP contribution in [0.1, 0.15) is 24.2 Å². The van der Waals surface area contributed by atoms with Crippen molar-refractivity contribution < 1.29 is 9.53 Å². The second-order valence-electron chi connectivity index (χ2n) is 4.82. The Labute approximate surface area is 123 Å². The van der Waals surface area contributed by atoms with E-state index < -0.39 is 0 Å². The average Bonchev–Trinajstić information content (AvgIpc) is 2.46. The zero-order valence-electron chi connectivity index (χ0n) is 12.3. The van der Waals surface area contributed by atoms with E-state index in [4.69, 9.17) is 10.5 Å². The van der Waals surface area contributed by atoms with Gasteiger partial charge in [0.15, 0.2) is 5.82 Å². The van der Waals surface area contributed by atoms with Crippen molar-refractivity contribution in [2.75, 3.05) is 12.8 Å². The largest absolute Gasteiger partial charge is 0.496 e. The monoisotopic (exact) mass is 286 g/mol. The summed E-state index contributed by atoms with van der Waals surface area (Å²) in [5.74, 6) is 0.931. The lowest BCUT2D eigenvalue weighted by Crippen LogP contribution is -2.31. The van der Waals surface area contributed by atoms with Gasteiger partial charge in [-0.1, -0.05) is 12.1 Å². The molecule has 110 valence electrons. The SMILES string of the molecule is COc1ccccc1-c1ncc(C(=O)NC(C)C)c(N)n1. The van der Waals surface area contributed by atoms with Crippen molar-refractivity contribution in [2.45, 2.75) is 19.9 Å². The number of amides is 1. The Balaban J connectivity index is 2.37. The highest BCUT2D eigenvalue weighted by Gasteiger charge is 2.15. The zero-order valence-corrected chi connectivity index (χ0v) is 12.3. The number of benzene rings is 1. The molecule has 0 aliphatic carbocycles. The topological polar surface area (TPSA) is 90.1 Å². The van der Waals surface area contributed by atoms with E-state index in [-0.39, 0.29) is 23.3 Å². The highest BCUT2D eigenvalue weighted by Crippen LogP contribution is 2.27. The third kappa shape index (κ3) is 3.28. The number of para-hydroxylation sites is 1. The molecular weight excluding hydrogens is 268 g/mol. The molecule has 0 bridgehead atoms. The van der Waals surface area contributed by atoms with Crippen molar-refractivity contribution >= 4 is 11.7 Å². The zero-order chi connectivity index (χ0) is 15.4. The molecule has 0 saturated carbocycles. The van der Waals surface area contributed by atoms with Crippen LogP contribution >= 0.6 is 0 Å². The van der Waals surface area contributed by atoms with Gasteiger partial charge in [0.2, 0.25) is 0 Å². The first kappa shape index (κ1) is 14.8. The lowest BCUT2D eigenvalue weighted by atomic mass is 10.1. The molecule has 2 aromatic rings. The lowest BCUT2D eigenvalue weighted by Gasteiger charge is -2.11. The van der Waals surface area contributed by atoms with Crippen LogP contribution in [-0.4, -0.2) is 29.0 Å². The molecule has 0 radical (unpaired) electrons. The number of hydrogen-bond acceptors (Lipinski definition) is 5. The minimum absolute atomic E-state index is 0.0193. The summed E-state index contributed by atoms with van der Waals surface area (Å²) in [5.41, 5.74) is 6.86. The summed E-state index contributed by atoms with van der Waals surface area (Å²) in [6, 6.07) is 7.38. The van der Waals surface area contributed by atoms with Gasteiger partial charge in [0.25, 0.3) is 5.91 Å². The summed E-state index contributed by atoms with van der Waals surface area (Å²) in [4.78, 5) is 20.4. The van der Waals surface area contributed by atoms with Gasteiger partial charge in [-0.05, 0) is 26.0 Å². The Morgan fingerprint density at radius 2 is 2.05 bits per heavy atom. The fraction of sp³-hybridized carbons (Fsp3) is 0.267. The average molecular weight is 286 g/mol. The van der Waals surface area contributed by atoms with E-state index in [0.29, 0.717) is 11.6 Å². The van der Waals surface area contributed by atoms with E-state index >= 15 is 0 Å². The molecule has 0 aliphatic rings. The molecule has 0 saturated heterocycles. The number of rotatable bonds is 4. The lowest BCUT2D eigenvalue weighted by molar-refractivity contribution is 0.0943. The van der Waals surface area contributed by atoms with Crippen LogP contribution in [0.25, 0.3) is 11.4 Å². The van der Waals surface area contributed by atoms with Crippen molar-refractivity contribution in [3.63, 3.8) is 0 Å². The van der Waals surface area contributed by atoms with E-state index in [1.54, 1.807) is 7.11 Å². The summed E-state index contributed by atoms with van der Waals surface area (Å²) >= 11 is 0. The fourth-order valence-electron chi connectivity index (χ4n) is 1.87. The molecule has 0 spiro atoms. The van der Waals surface area contributed by atoms with E-state index in [9.17, 15) is 4.79 Å². The highest BCUT2D eigenvalue weighted by molar-refractivity contribution is 5.98. The van der Waals surface area contributed by atoms with Gasteiger partial charge in [0, 0.05) is 12.2 Å². The third-order valence-electron chi connectivity index (χ3n) is 2.83. The Morgan fingerprint density at radius 1 is 1.33 bits per heavy atom. The van der Waals surface area contributed by atoms with Crippen LogP contribution in [0, 0.1) is 0 Å². The van der Waals surface area contributed by atoms with Crippen LogP contribution < -0.4 is 15.8 Å². The number of nitrogen functional groups attached to an aromatic ring is 1. The molecule has 2 rings (SSSR count). The molecule has 0 fully saturated rings. The third-order valence-corrected chi connectivity index (χ3v) is 2.83. The Morgan fingerprint density at radius 3 is 2.67 bits per heavy atom. The molecule has 6 nitrogen and oxygen atoms in total. The summed E-state index contributed by atoms with van der Waals surface area (Å²) in [7, 11) is 1.58. The van der Waals surface area contributed by atoms with Gasteiger partial charge in [0.1, 0.15) is 11.6 Å². The fourth-order valence-corrected chi connectivity index (χ4v) is 1.87. The molecule has 1 aromatic heterocycles. The number of nitrogens with zero attached hydrogens (tertiary/aromatic N) is 2. The smallest absolute Gasteiger partial charge is 0.256 e. The van der Waals surface area contributed by atoms with E-state index in [1.807, 2.05) is 38.1 Å². The second-order valence-corrected chi connectivity index (χ2v) is 4.82. The Kier molecular flexibility index (Phi) is 4.37. The quantitative estimate of drug-likeness (QED) is 0.895. The standard InChI is InChI=1S/C15H18N4O2/c1-9(2)18-15(20)11-8-17-14(19-13(11)16)10-6-4-5-7-12(10)21-3/h4-9H,1-3H3,(H,18,20)(H2,16,17,19). The van der Waals surface area contributed by atoms with Crippen LogP contribution in [0.2, 0.25) is 0 Å². The molecule has 1 heterocycles. The normalized spacial score (nSPS) is 10.5. The van der Waals surface area contributed by atoms with Crippen LogP contribution in [0.3, 0.4) is 0 Å². The maximum absolute atomic E-state index is 12.0. The number of ether oxygens (including phenoxy) is 1. The van der Waals surface area contributed by atoms with Gasteiger partial charge >= 0.3 is 0 Å². The van der Waals surface area contributed by atoms with Gasteiger partial charge in [0.05, 0.1) is 18.2 Å². The number of aromatic nitrogens is 2. The summed E-state index contributed by atoms with van der Waals surface area (Å²) in [6.45, 7) is 3.75. The highest BCUT2D eigenvalue weighted by atomic mass is 16.5. The van der Waals surface area contributed by atoms with Gasteiger partial charge < -0.3 is 15.8 Å². The number of nitrogens with one attached hydrogen (secondary N) is 1. The van der Waals surface area contributed by atoms with Crippen LogP contribution in [0.4, 0.5) is 5.82 Å². The molecule has 3 N–H and O–H groups in total. The summed E-state index contributed by atoms with van der Waals surface area (Å²) in [5, 5.41) is 2.76. The van der Waals surface area contributed by atoms with Gasteiger partial charge in [-0.25, -0.2) is 9.97 Å². The molecule has 21 heavy (non-hydrogen) atoms. The van der Waals surface area contributed by atoms with Crippen molar-refractivity contribution in [2.24, 2.45) is 0 Å².